The molecule has 0 spiro atoms. The molecular formula is C6H9NO2S. The number of hydrogen-bond acceptors (Lipinski definition) is 3. The maximum atomic E-state index is 10.7. The molecule has 1 aromatic rings. The van der Waals surface area contributed by atoms with Crippen LogP contribution in [-0.2, 0) is 17.2 Å². The molecule has 1 unspecified atom stereocenters. The molecule has 3 nitrogen and oxygen atoms in total. The standard InChI is InChI=1S/C6H9NO2S/c1-3-5-4-7-6(9-5)10(2)8/h4H,3H2,1-2H3. The first-order chi connectivity index (χ1) is 4.74. The molecular weight excluding hydrogens is 150 g/mol. The summed E-state index contributed by atoms with van der Waals surface area (Å²) >= 11 is 0. The van der Waals surface area contributed by atoms with Gasteiger partial charge in [-0.15, -0.1) is 0 Å². The third-order valence-corrected chi connectivity index (χ3v) is 1.81. The van der Waals surface area contributed by atoms with Gasteiger partial charge in [0.05, 0.1) is 6.20 Å². The second kappa shape index (κ2) is 2.96. The summed E-state index contributed by atoms with van der Waals surface area (Å²) in [6.07, 6.45) is 3.95. The molecule has 0 saturated heterocycles. The molecule has 0 bridgehead atoms. The van der Waals surface area contributed by atoms with E-state index in [4.69, 9.17) is 4.42 Å². The largest absolute Gasteiger partial charge is 0.435 e. The number of aromatic nitrogens is 1. The van der Waals surface area contributed by atoms with E-state index in [1.807, 2.05) is 6.92 Å². The molecule has 0 aliphatic rings. The van der Waals surface area contributed by atoms with Crippen LogP contribution in [0.5, 0.6) is 0 Å². The fraction of sp³-hybridized carbons (Fsp3) is 0.500. The summed E-state index contributed by atoms with van der Waals surface area (Å²) < 4.78 is 15.8. The second-order valence-corrected chi connectivity index (χ2v) is 3.16. The molecule has 0 aliphatic carbocycles. The van der Waals surface area contributed by atoms with E-state index in [9.17, 15) is 4.21 Å². The average molecular weight is 159 g/mol. The maximum absolute atomic E-state index is 10.7. The van der Waals surface area contributed by atoms with Crippen molar-refractivity contribution >= 4 is 10.8 Å². The molecule has 0 aromatic carbocycles. The summed E-state index contributed by atoms with van der Waals surface area (Å²) in [7, 11) is -1.09. The van der Waals surface area contributed by atoms with Crippen molar-refractivity contribution < 1.29 is 8.63 Å². The lowest BCUT2D eigenvalue weighted by atomic mass is 10.4. The van der Waals surface area contributed by atoms with Gasteiger partial charge in [-0.3, -0.25) is 0 Å². The number of nitrogens with zero attached hydrogens (tertiary/aromatic N) is 1. The first-order valence-corrected chi connectivity index (χ1v) is 4.58. The van der Waals surface area contributed by atoms with Crippen LogP contribution in [0.1, 0.15) is 12.7 Å². The van der Waals surface area contributed by atoms with Crippen LogP contribution in [0.4, 0.5) is 0 Å². The van der Waals surface area contributed by atoms with Crippen molar-refractivity contribution in [1.82, 2.24) is 4.98 Å². The Balaban J connectivity index is 2.88. The van der Waals surface area contributed by atoms with E-state index in [0.29, 0.717) is 5.22 Å². The first-order valence-electron chi connectivity index (χ1n) is 3.02. The Kier molecular flexibility index (Phi) is 2.21. The van der Waals surface area contributed by atoms with Gasteiger partial charge in [0.1, 0.15) is 16.6 Å². The van der Waals surface area contributed by atoms with Gasteiger partial charge in [0.25, 0.3) is 5.22 Å². The van der Waals surface area contributed by atoms with Crippen molar-refractivity contribution in [2.75, 3.05) is 6.26 Å². The first kappa shape index (κ1) is 7.47. The molecule has 0 saturated carbocycles. The number of aryl methyl sites for hydroxylation is 1. The molecule has 0 aliphatic heterocycles. The van der Waals surface area contributed by atoms with Gasteiger partial charge in [-0.2, -0.15) is 0 Å². The molecule has 1 heterocycles. The van der Waals surface area contributed by atoms with E-state index in [-0.39, 0.29) is 0 Å². The molecule has 56 valence electrons. The molecule has 10 heavy (non-hydrogen) atoms. The number of hydrogen-bond donors (Lipinski definition) is 0. The molecule has 0 N–H and O–H groups in total. The van der Waals surface area contributed by atoms with Crippen LogP contribution in [0, 0.1) is 0 Å². The Morgan fingerprint density at radius 1 is 1.80 bits per heavy atom. The van der Waals surface area contributed by atoms with Gasteiger partial charge in [-0.05, 0) is 0 Å². The quantitative estimate of drug-likeness (QED) is 0.646. The molecule has 0 radical (unpaired) electrons. The molecule has 1 aromatic heterocycles. The van der Waals surface area contributed by atoms with E-state index in [1.54, 1.807) is 12.5 Å². The Morgan fingerprint density at radius 2 is 2.50 bits per heavy atom. The zero-order valence-corrected chi connectivity index (χ0v) is 6.77. The summed E-state index contributed by atoms with van der Waals surface area (Å²) in [6, 6.07) is 0. The monoisotopic (exact) mass is 159 g/mol. The fourth-order valence-corrected chi connectivity index (χ4v) is 1.01. The lowest BCUT2D eigenvalue weighted by molar-refractivity contribution is 0.413. The minimum atomic E-state index is -1.09. The van der Waals surface area contributed by atoms with Crippen LogP contribution in [-0.4, -0.2) is 15.4 Å². The number of oxazole rings is 1. The van der Waals surface area contributed by atoms with Crippen molar-refractivity contribution in [2.24, 2.45) is 0 Å². The summed E-state index contributed by atoms with van der Waals surface area (Å²) in [5.41, 5.74) is 0. The molecule has 1 atom stereocenters. The zero-order chi connectivity index (χ0) is 7.56. The molecule has 4 heteroatoms. The zero-order valence-electron chi connectivity index (χ0n) is 5.96. The fourth-order valence-electron chi connectivity index (χ4n) is 0.586. The maximum Gasteiger partial charge on any atom is 0.286 e. The minimum Gasteiger partial charge on any atom is -0.435 e. The number of rotatable bonds is 2. The van der Waals surface area contributed by atoms with Gasteiger partial charge >= 0.3 is 0 Å². The van der Waals surface area contributed by atoms with Crippen molar-refractivity contribution in [3.8, 4) is 0 Å². The normalized spacial score (nSPS) is 13.4. The van der Waals surface area contributed by atoms with Gasteiger partial charge in [-0.25, -0.2) is 9.19 Å². The van der Waals surface area contributed by atoms with Crippen LogP contribution in [0.2, 0.25) is 0 Å². The smallest absolute Gasteiger partial charge is 0.286 e. The van der Waals surface area contributed by atoms with Crippen molar-refractivity contribution in [1.29, 1.82) is 0 Å². The lowest BCUT2D eigenvalue weighted by Gasteiger charge is -1.84. The van der Waals surface area contributed by atoms with Gasteiger partial charge in [0.15, 0.2) is 0 Å². The molecule has 1 rings (SSSR count). The van der Waals surface area contributed by atoms with E-state index < -0.39 is 10.8 Å². The third-order valence-electron chi connectivity index (χ3n) is 1.13. The summed E-state index contributed by atoms with van der Waals surface area (Å²) in [4.78, 5) is 3.82. The highest BCUT2D eigenvalue weighted by atomic mass is 32.2. The molecule has 0 fully saturated rings. The SMILES string of the molecule is CCc1cnc(S(C)=O)o1. The highest BCUT2D eigenvalue weighted by Crippen LogP contribution is 2.06. The Morgan fingerprint density at radius 3 is 2.80 bits per heavy atom. The van der Waals surface area contributed by atoms with Crippen molar-refractivity contribution in [3.63, 3.8) is 0 Å². The average Bonchev–Trinajstić information content (AvgIpc) is 2.34. The van der Waals surface area contributed by atoms with E-state index >= 15 is 0 Å². The van der Waals surface area contributed by atoms with Crippen molar-refractivity contribution in [3.05, 3.63) is 12.0 Å². The topological polar surface area (TPSA) is 43.1 Å². The van der Waals surface area contributed by atoms with Crippen molar-refractivity contribution in [2.45, 2.75) is 18.6 Å². The van der Waals surface area contributed by atoms with Crippen LogP contribution in [0.3, 0.4) is 0 Å². The Hall–Kier alpha value is -0.640. The Bertz CT molecular complexity index is 244. The van der Waals surface area contributed by atoms with E-state index in [0.717, 1.165) is 12.2 Å². The van der Waals surface area contributed by atoms with Crippen LogP contribution in [0.15, 0.2) is 15.8 Å². The summed E-state index contributed by atoms with van der Waals surface area (Å²) in [6.45, 7) is 1.96. The predicted molar refractivity (Wildman–Crippen MR) is 38.2 cm³/mol. The van der Waals surface area contributed by atoms with Gasteiger partial charge in [-0.1, -0.05) is 6.92 Å². The third kappa shape index (κ3) is 1.44. The van der Waals surface area contributed by atoms with Gasteiger partial charge < -0.3 is 4.42 Å². The Labute approximate surface area is 61.9 Å². The van der Waals surface area contributed by atoms with Crippen LogP contribution < -0.4 is 0 Å². The summed E-state index contributed by atoms with van der Waals surface area (Å²) in [5, 5.41) is 0.317. The second-order valence-electron chi connectivity index (χ2n) is 1.90. The van der Waals surface area contributed by atoms with E-state index in [1.165, 1.54) is 0 Å². The minimum absolute atomic E-state index is 0.317. The predicted octanol–water partition coefficient (Wildman–Crippen LogP) is 0.974. The lowest BCUT2D eigenvalue weighted by Crippen LogP contribution is -1.84. The van der Waals surface area contributed by atoms with Gasteiger partial charge in [0, 0.05) is 12.7 Å². The van der Waals surface area contributed by atoms with Crippen LogP contribution >= 0.6 is 0 Å². The van der Waals surface area contributed by atoms with E-state index in [2.05, 4.69) is 4.98 Å². The van der Waals surface area contributed by atoms with Crippen LogP contribution in [0.25, 0.3) is 0 Å². The highest BCUT2D eigenvalue weighted by Gasteiger charge is 2.04. The molecule has 0 amide bonds. The highest BCUT2D eigenvalue weighted by molar-refractivity contribution is 7.84. The van der Waals surface area contributed by atoms with Gasteiger partial charge in [0.2, 0.25) is 0 Å². The summed E-state index contributed by atoms with van der Waals surface area (Å²) in [5.74, 6) is 0.783.